The Hall–Kier alpha value is -3.34. The molecule has 5 heteroatoms. The monoisotopic (exact) mass is 398 g/mol. The molecule has 0 saturated carbocycles. The lowest BCUT2D eigenvalue weighted by Gasteiger charge is -2.35. The van der Waals surface area contributed by atoms with Gasteiger partial charge in [0.2, 0.25) is 0 Å². The molecule has 3 heterocycles. The van der Waals surface area contributed by atoms with Crippen molar-refractivity contribution in [2.24, 2.45) is 0 Å². The normalized spacial score (nSPS) is 16.7. The van der Waals surface area contributed by atoms with Crippen molar-refractivity contribution in [3.05, 3.63) is 66.7 Å². The van der Waals surface area contributed by atoms with E-state index in [0.717, 1.165) is 46.3 Å². The third kappa shape index (κ3) is 3.41. The van der Waals surface area contributed by atoms with Crippen LogP contribution in [0.2, 0.25) is 0 Å². The van der Waals surface area contributed by atoms with Gasteiger partial charge in [-0.25, -0.2) is 4.98 Å². The summed E-state index contributed by atoms with van der Waals surface area (Å²) in [4.78, 5) is 7.44. The van der Waals surface area contributed by atoms with Crippen LogP contribution in [0.1, 0.15) is 26.2 Å². The van der Waals surface area contributed by atoms with E-state index < -0.39 is 0 Å². The molecule has 0 bridgehead atoms. The van der Waals surface area contributed by atoms with E-state index in [0.29, 0.717) is 6.04 Å². The van der Waals surface area contributed by atoms with Crippen molar-refractivity contribution in [3.63, 3.8) is 0 Å². The second-order valence-electron chi connectivity index (χ2n) is 7.94. The molecule has 0 N–H and O–H groups in total. The summed E-state index contributed by atoms with van der Waals surface area (Å²) in [6.45, 7) is 3.35. The van der Waals surface area contributed by atoms with Crippen molar-refractivity contribution in [3.8, 4) is 28.3 Å². The maximum atomic E-state index is 5.40. The van der Waals surface area contributed by atoms with Crippen LogP contribution in [0, 0.1) is 0 Å². The average Bonchev–Trinajstić information content (AvgIpc) is 3.24. The zero-order valence-corrected chi connectivity index (χ0v) is 17.5. The molecule has 0 aliphatic carbocycles. The summed E-state index contributed by atoms with van der Waals surface area (Å²) in [6, 6.07) is 23.1. The molecule has 1 aliphatic rings. The van der Waals surface area contributed by atoms with E-state index in [1.54, 1.807) is 7.11 Å². The molecule has 1 aliphatic heterocycles. The number of hydrogen-bond donors (Lipinski definition) is 0. The standard InChI is InChI=1S/C25H26N4O/c1-18-9-6-7-14-28(18)25-17-22(19-10-4-3-5-11-19)26-24-16-23(27-29(24)25)20-12-8-13-21(15-20)30-2/h3-5,8,10-13,15-18H,6-7,9,14H2,1-2H3/t18-/m1/s1. The first-order valence-electron chi connectivity index (χ1n) is 10.6. The molecule has 30 heavy (non-hydrogen) atoms. The maximum Gasteiger partial charge on any atom is 0.158 e. The van der Waals surface area contributed by atoms with Crippen LogP contribution in [0.3, 0.4) is 0 Å². The minimum absolute atomic E-state index is 0.484. The molecule has 1 fully saturated rings. The number of benzene rings is 2. The van der Waals surface area contributed by atoms with Crippen LogP contribution in [0.25, 0.3) is 28.2 Å². The van der Waals surface area contributed by atoms with Crippen LogP contribution in [-0.2, 0) is 0 Å². The van der Waals surface area contributed by atoms with Crippen molar-refractivity contribution in [2.75, 3.05) is 18.6 Å². The van der Waals surface area contributed by atoms with Gasteiger partial charge in [0.25, 0.3) is 0 Å². The van der Waals surface area contributed by atoms with E-state index in [2.05, 4.69) is 54.3 Å². The van der Waals surface area contributed by atoms with Gasteiger partial charge in [-0.2, -0.15) is 9.61 Å². The lowest BCUT2D eigenvalue weighted by molar-refractivity contribution is 0.415. The highest BCUT2D eigenvalue weighted by Gasteiger charge is 2.23. The highest BCUT2D eigenvalue weighted by molar-refractivity contribution is 5.71. The fourth-order valence-electron chi connectivity index (χ4n) is 4.28. The number of anilines is 1. The summed E-state index contributed by atoms with van der Waals surface area (Å²) in [5, 5.41) is 4.96. The first-order valence-corrected chi connectivity index (χ1v) is 10.6. The topological polar surface area (TPSA) is 42.7 Å². The van der Waals surface area contributed by atoms with Gasteiger partial charge >= 0.3 is 0 Å². The number of fused-ring (bicyclic) bond motifs is 1. The molecule has 4 aromatic rings. The van der Waals surface area contributed by atoms with Gasteiger partial charge in [-0.15, -0.1) is 0 Å². The van der Waals surface area contributed by atoms with E-state index in [4.69, 9.17) is 14.8 Å². The van der Waals surface area contributed by atoms with Gasteiger partial charge in [-0.1, -0.05) is 42.5 Å². The quantitative estimate of drug-likeness (QED) is 0.458. The van der Waals surface area contributed by atoms with Gasteiger partial charge in [0.1, 0.15) is 11.6 Å². The lowest BCUT2D eigenvalue weighted by atomic mass is 10.0. The molecular formula is C25H26N4O. The van der Waals surface area contributed by atoms with Crippen molar-refractivity contribution < 1.29 is 4.74 Å². The predicted molar refractivity (Wildman–Crippen MR) is 121 cm³/mol. The fourth-order valence-corrected chi connectivity index (χ4v) is 4.28. The van der Waals surface area contributed by atoms with Crippen LogP contribution in [0.5, 0.6) is 5.75 Å². The van der Waals surface area contributed by atoms with E-state index in [-0.39, 0.29) is 0 Å². The number of hydrogen-bond acceptors (Lipinski definition) is 4. The molecule has 5 rings (SSSR count). The molecule has 2 aromatic heterocycles. The Morgan fingerprint density at radius 2 is 1.73 bits per heavy atom. The molecule has 1 atom stereocenters. The molecular weight excluding hydrogens is 372 g/mol. The first-order chi connectivity index (χ1) is 14.7. The first kappa shape index (κ1) is 18.7. The lowest BCUT2D eigenvalue weighted by Crippen LogP contribution is -2.38. The molecule has 0 spiro atoms. The van der Waals surface area contributed by atoms with Gasteiger partial charge in [-0.3, -0.25) is 0 Å². The van der Waals surface area contributed by atoms with E-state index in [9.17, 15) is 0 Å². The van der Waals surface area contributed by atoms with Gasteiger partial charge in [0.05, 0.1) is 18.5 Å². The SMILES string of the molecule is COc1cccc(-c2cc3nc(-c4ccccc4)cc(N4CCCC[C@H]4C)n3n2)c1. The smallest absolute Gasteiger partial charge is 0.158 e. The van der Waals surface area contributed by atoms with Crippen molar-refractivity contribution in [2.45, 2.75) is 32.2 Å². The maximum absolute atomic E-state index is 5.40. The fraction of sp³-hybridized carbons (Fsp3) is 0.280. The highest BCUT2D eigenvalue weighted by atomic mass is 16.5. The minimum atomic E-state index is 0.484. The van der Waals surface area contributed by atoms with Gasteiger partial charge < -0.3 is 9.64 Å². The minimum Gasteiger partial charge on any atom is -0.497 e. The van der Waals surface area contributed by atoms with Crippen LogP contribution in [0.15, 0.2) is 66.7 Å². The largest absolute Gasteiger partial charge is 0.497 e. The summed E-state index contributed by atoms with van der Waals surface area (Å²) >= 11 is 0. The molecule has 0 unspecified atom stereocenters. The Morgan fingerprint density at radius 1 is 0.900 bits per heavy atom. The number of piperidine rings is 1. The third-order valence-corrected chi connectivity index (χ3v) is 5.94. The number of ether oxygens (including phenoxy) is 1. The van der Waals surface area contributed by atoms with Gasteiger partial charge in [0, 0.05) is 35.8 Å². The van der Waals surface area contributed by atoms with Crippen LogP contribution in [0.4, 0.5) is 5.82 Å². The Balaban J connectivity index is 1.69. The molecule has 152 valence electrons. The zero-order valence-electron chi connectivity index (χ0n) is 17.5. The summed E-state index contributed by atoms with van der Waals surface area (Å²) < 4.78 is 7.40. The Kier molecular flexibility index (Phi) is 4.87. The zero-order chi connectivity index (χ0) is 20.5. The van der Waals surface area contributed by atoms with E-state index in [1.165, 1.54) is 19.3 Å². The summed E-state index contributed by atoms with van der Waals surface area (Å²) in [6.07, 6.45) is 3.69. The van der Waals surface area contributed by atoms with Gasteiger partial charge in [0.15, 0.2) is 5.65 Å². The van der Waals surface area contributed by atoms with Crippen molar-refractivity contribution in [1.82, 2.24) is 14.6 Å². The second kappa shape index (κ2) is 7.82. The number of nitrogens with zero attached hydrogens (tertiary/aromatic N) is 4. The van der Waals surface area contributed by atoms with Gasteiger partial charge in [-0.05, 0) is 38.3 Å². The Bertz CT molecular complexity index is 1170. The van der Waals surface area contributed by atoms with Crippen LogP contribution in [-0.4, -0.2) is 34.3 Å². The number of aromatic nitrogens is 3. The Labute approximate surface area is 176 Å². The Morgan fingerprint density at radius 3 is 2.53 bits per heavy atom. The number of methoxy groups -OCH3 is 1. The predicted octanol–water partition coefficient (Wildman–Crippen LogP) is 5.45. The summed E-state index contributed by atoms with van der Waals surface area (Å²) in [5.41, 5.74) is 4.89. The number of rotatable bonds is 4. The van der Waals surface area contributed by atoms with Crippen molar-refractivity contribution >= 4 is 11.5 Å². The molecule has 1 saturated heterocycles. The van der Waals surface area contributed by atoms with Crippen molar-refractivity contribution in [1.29, 1.82) is 0 Å². The average molecular weight is 399 g/mol. The summed E-state index contributed by atoms with van der Waals surface area (Å²) in [5.74, 6) is 1.94. The second-order valence-corrected chi connectivity index (χ2v) is 7.94. The van der Waals surface area contributed by atoms with E-state index in [1.807, 2.05) is 28.8 Å². The third-order valence-electron chi connectivity index (χ3n) is 5.94. The van der Waals surface area contributed by atoms with E-state index >= 15 is 0 Å². The molecule has 0 amide bonds. The molecule has 2 aromatic carbocycles. The van der Waals surface area contributed by atoms with Crippen LogP contribution >= 0.6 is 0 Å². The highest BCUT2D eigenvalue weighted by Crippen LogP contribution is 2.31. The molecule has 0 radical (unpaired) electrons. The van der Waals surface area contributed by atoms with Crippen LogP contribution < -0.4 is 9.64 Å². The summed E-state index contributed by atoms with van der Waals surface area (Å²) in [7, 11) is 1.69. The molecule has 5 nitrogen and oxygen atoms in total.